The zero-order chi connectivity index (χ0) is 23.4. The number of fused-ring (bicyclic) bond motifs is 1. The number of benzene rings is 1. The van der Waals surface area contributed by atoms with Gasteiger partial charge in [-0.25, -0.2) is 9.97 Å². The second kappa shape index (κ2) is 9.77. The summed E-state index contributed by atoms with van der Waals surface area (Å²) in [5.41, 5.74) is 3.67. The molecule has 0 spiro atoms. The van der Waals surface area contributed by atoms with Gasteiger partial charge in [-0.1, -0.05) is 12.1 Å². The third-order valence-electron chi connectivity index (χ3n) is 6.08. The van der Waals surface area contributed by atoms with E-state index in [1.165, 1.54) is 0 Å². The summed E-state index contributed by atoms with van der Waals surface area (Å²) in [6, 6.07) is 8.13. The van der Waals surface area contributed by atoms with Crippen molar-refractivity contribution in [3.05, 3.63) is 60.3 Å². The molecule has 0 radical (unpaired) electrons. The molecule has 2 N–H and O–H groups in total. The number of rotatable bonds is 6. The lowest BCUT2D eigenvalue weighted by Crippen LogP contribution is -2.44. The molecule has 0 bridgehead atoms. The first-order chi connectivity index (χ1) is 16.0. The molecule has 8 nitrogen and oxygen atoms in total. The van der Waals surface area contributed by atoms with Crippen molar-refractivity contribution in [3.63, 3.8) is 0 Å². The topological polar surface area (TPSA) is 99.2 Å². The van der Waals surface area contributed by atoms with Crippen LogP contribution in [-0.4, -0.2) is 50.3 Å². The standard InChI is InChI=1S/C25H29N7O/c1-16(7-6-12-26-4)23-13-24(28-21-8-5-9-22-20(21)14-27-31-22)30-25(29-23)19-11-10-17(2)32(15-19)18(3)33/h5-9,12-14,17,19H,4,10-11,15H2,1-3H3,(H,27,31)(H,28,29,30)/b12-6-,16-7+/t17-,19+/m0/s1. The van der Waals surface area contributed by atoms with Crippen molar-refractivity contribution < 1.29 is 4.79 Å². The predicted molar refractivity (Wildman–Crippen MR) is 133 cm³/mol. The molecule has 1 aliphatic heterocycles. The second-order valence-electron chi connectivity index (χ2n) is 8.43. The predicted octanol–water partition coefficient (Wildman–Crippen LogP) is 4.83. The summed E-state index contributed by atoms with van der Waals surface area (Å²) in [5, 5.41) is 11.6. The zero-order valence-electron chi connectivity index (χ0n) is 19.2. The Morgan fingerprint density at radius 3 is 2.94 bits per heavy atom. The minimum Gasteiger partial charge on any atom is -0.340 e. The molecule has 1 aromatic carbocycles. The summed E-state index contributed by atoms with van der Waals surface area (Å²) in [7, 11) is 0. The fraction of sp³-hybridized carbons (Fsp3) is 0.320. The molecule has 3 aromatic rings. The number of anilines is 2. The van der Waals surface area contributed by atoms with Gasteiger partial charge in [0, 0.05) is 43.1 Å². The summed E-state index contributed by atoms with van der Waals surface area (Å²) >= 11 is 0. The van der Waals surface area contributed by atoms with Crippen LogP contribution in [0, 0.1) is 0 Å². The van der Waals surface area contributed by atoms with Gasteiger partial charge < -0.3 is 10.2 Å². The van der Waals surface area contributed by atoms with Crippen molar-refractivity contribution in [2.45, 2.75) is 45.6 Å². The van der Waals surface area contributed by atoms with Crippen LogP contribution in [0.15, 0.2) is 53.8 Å². The van der Waals surface area contributed by atoms with Crippen molar-refractivity contribution in [1.29, 1.82) is 0 Å². The number of nitrogens with zero attached hydrogens (tertiary/aromatic N) is 5. The fourth-order valence-electron chi connectivity index (χ4n) is 4.22. The molecule has 1 fully saturated rings. The Kier molecular flexibility index (Phi) is 6.63. The molecular formula is C25H29N7O. The maximum absolute atomic E-state index is 12.1. The number of nitrogens with one attached hydrogen (secondary N) is 2. The number of carbonyl (C=O) groups excluding carboxylic acids is 1. The van der Waals surface area contributed by atoms with Gasteiger partial charge in [0.25, 0.3) is 0 Å². The van der Waals surface area contributed by atoms with Crippen molar-refractivity contribution in [2.24, 2.45) is 4.99 Å². The molecule has 1 saturated heterocycles. The minimum absolute atomic E-state index is 0.0773. The van der Waals surface area contributed by atoms with Gasteiger partial charge in [-0.2, -0.15) is 5.10 Å². The van der Waals surface area contributed by atoms with E-state index in [-0.39, 0.29) is 17.9 Å². The van der Waals surface area contributed by atoms with Crippen LogP contribution in [-0.2, 0) is 4.79 Å². The number of piperidine rings is 1. The number of hydrogen-bond donors (Lipinski definition) is 2. The molecular weight excluding hydrogens is 414 g/mol. The first-order valence-corrected chi connectivity index (χ1v) is 11.1. The van der Waals surface area contributed by atoms with Gasteiger partial charge in [-0.05, 0) is 57.2 Å². The normalized spacial score (nSPS) is 19.2. The number of amides is 1. The van der Waals surface area contributed by atoms with Gasteiger partial charge in [0.2, 0.25) is 5.91 Å². The lowest BCUT2D eigenvalue weighted by Gasteiger charge is -2.37. The summed E-state index contributed by atoms with van der Waals surface area (Å²) in [6.07, 6.45) is 9.09. The molecule has 0 unspecified atom stereocenters. The maximum Gasteiger partial charge on any atom is 0.219 e. The van der Waals surface area contributed by atoms with Crippen LogP contribution in [0.25, 0.3) is 16.5 Å². The van der Waals surface area contributed by atoms with E-state index in [9.17, 15) is 4.79 Å². The Labute approximate surface area is 193 Å². The van der Waals surface area contributed by atoms with E-state index in [4.69, 9.17) is 9.97 Å². The number of carbonyl (C=O) groups is 1. The number of allylic oxidation sites excluding steroid dienone is 3. The number of aliphatic imine (C=N–C) groups is 1. The van der Waals surface area contributed by atoms with E-state index in [1.807, 2.05) is 48.2 Å². The van der Waals surface area contributed by atoms with Crippen LogP contribution in [0.5, 0.6) is 0 Å². The molecule has 1 aliphatic rings. The first-order valence-electron chi connectivity index (χ1n) is 11.1. The average Bonchev–Trinajstić information content (AvgIpc) is 3.29. The molecule has 2 atom stereocenters. The molecule has 170 valence electrons. The van der Waals surface area contributed by atoms with Crippen LogP contribution < -0.4 is 5.32 Å². The Hall–Kier alpha value is -3.81. The highest BCUT2D eigenvalue weighted by atomic mass is 16.2. The molecule has 4 rings (SSSR count). The summed E-state index contributed by atoms with van der Waals surface area (Å²) < 4.78 is 0. The first kappa shape index (κ1) is 22.4. The Bertz CT molecular complexity index is 1230. The number of H-pyrrole nitrogens is 1. The molecule has 1 amide bonds. The molecule has 33 heavy (non-hydrogen) atoms. The van der Waals surface area contributed by atoms with Crippen LogP contribution in [0.1, 0.15) is 51.0 Å². The smallest absolute Gasteiger partial charge is 0.219 e. The third-order valence-corrected chi connectivity index (χ3v) is 6.08. The Balaban J connectivity index is 1.73. The second-order valence-corrected chi connectivity index (χ2v) is 8.43. The highest BCUT2D eigenvalue weighted by Gasteiger charge is 2.30. The number of likely N-dealkylation sites (tertiary alicyclic amines) is 1. The summed E-state index contributed by atoms with van der Waals surface area (Å²) in [6.45, 7) is 9.83. The Morgan fingerprint density at radius 2 is 2.15 bits per heavy atom. The van der Waals surface area contributed by atoms with E-state index < -0.39 is 0 Å². The minimum atomic E-state index is 0.0773. The van der Waals surface area contributed by atoms with Crippen LogP contribution in [0.3, 0.4) is 0 Å². The average molecular weight is 444 g/mol. The van der Waals surface area contributed by atoms with Crippen molar-refractivity contribution in [1.82, 2.24) is 25.1 Å². The van der Waals surface area contributed by atoms with E-state index in [1.54, 1.807) is 19.3 Å². The largest absolute Gasteiger partial charge is 0.340 e. The maximum atomic E-state index is 12.1. The zero-order valence-corrected chi connectivity index (χ0v) is 19.2. The summed E-state index contributed by atoms with van der Waals surface area (Å²) in [4.78, 5) is 27.6. The lowest BCUT2D eigenvalue weighted by atomic mass is 9.92. The highest BCUT2D eigenvalue weighted by Crippen LogP contribution is 2.31. The van der Waals surface area contributed by atoms with Crippen molar-refractivity contribution >= 4 is 40.6 Å². The molecule has 3 heterocycles. The van der Waals surface area contributed by atoms with Gasteiger partial charge in [-0.3, -0.25) is 14.9 Å². The van der Waals surface area contributed by atoms with Gasteiger partial charge in [0.15, 0.2) is 0 Å². The van der Waals surface area contributed by atoms with Gasteiger partial charge in [0.1, 0.15) is 11.6 Å². The molecule has 0 aliphatic carbocycles. The Morgan fingerprint density at radius 1 is 1.30 bits per heavy atom. The molecule has 0 saturated carbocycles. The van der Waals surface area contributed by atoms with Crippen molar-refractivity contribution in [2.75, 3.05) is 11.9 Å². The highest BCUT2D eigenvalue weighted by molar-refractivity contribution is 5.92. The monoisotopic (exact) mass is 443 g/mol. The van der Waals surface area contributed by atoms with Gasteiger partial charge in [-0.15, -0.1) is 0 Å². The van der Waals surface area contributed by atoms with E-state index in [0.29, 0.717) is 12.4 Å². The van der Waals surface area contributed by atoms with Crippen LogP contribution in [0.2, 0.25) is 0 Å². The van der Waals surface area contributed by atoms with Gasteiger partial charge >= 0.3 is 0 Å². The third kappa shape index (κ3) is 5.00. The van der Waals surface area contributed by atoms with E-state index in [0.717, 1.165) is 46.5 Å². The van der Waals surface area contributed by atoms with Crippen LogP contribution >= 0.6 is 0 Å². The fourth-order valence-corrected chi connectivity index (χ4v) is 4.22. The number of aromatic nitrogens is 4. The van der Waals surface area contributed by atoms with Crippen molar-refractivity contribution in [3.8, 4) is 0 Å². The summed E-state index contributed by atoms with van der Waals surface area (Å²) in [5.74, 6) is 1.61. The lowest BCUT2D eigenvalue weighted by molar-refractivity contribution is -0.132. The quantitative estimate of drug-likeness (QED) is 0.420. The number of aromatic amines is 1. The van der Waals surface area contributed by atoms with Gasteiger partial charge in [0.05, 0.1) is 23.1 Å². The SMILES string of the molecule is C=N/C=C\C=C(/C)c1cc(Nc2cccc3[nH]ncc23)nc([C@@H]2CC[C@H](C)N(C(C)=O)C2)n1. The molecule has 8 heteroatoms. The van der Waals surface area contributed by atoms with E-state index >= 15 is 0 Å². The number of hydrogen-bond acceptors (Lipinski definition) is 6. The van der Waals surface area contributed by atoms with E-state index in [2.05, 4.69) is 34.1 Å². The van der Waals surface area contributed by atoms with Crippen LogP contribution in [0.4, 0.5) is 11.5 Å². The molecule has 2 aromatic heterocycles.